The zero-order valence-corrected chi connectivity index (χ0v) is 13.5. The zero-order chi connectivity index (χ0) is 16.0. The lowest BCUT2D eigenvalue weighted by Gasteiger charge is -2.35. The summed E-state index contributed by atoms with van der Waals surface area (Å²) in [5.74, 6) is 0.000832. The van der Waals surface area contributed by atoms with E-state index in [9.17, 15) is 9.59 Å². The number of hydrogen-bond donors (Lipinski definition) is 0. The van der Waals surface area contributed by atoms with Crippen LogP contribution in [0.4, 0.5) is 4.79 Å². The topological polar surface area (TPSA) is 67.7 Å². The molecule has 2 saturated heterocycles. The van der Waals surface area contributed by atoms with Crippen LogP contribution in [0.25, 0.3) is 0 Å². The highest BCUT2D eigenvalue weighted by Crippen LogP contribution is 2.23. The summed E-state index contributed by atoms with van der Waals surface area (Å²) in [6.07, 6.45) is -0.267. The van der Waals surface area contributed by atoms with E-state index in [1.807, 2.05) is 37.3 Å². The Morgan fingerprint density at radius 1 is 1.32 bits per heavy atom. The Labute approximate surface area is 129 Å². The van der Waals surface area contributed by atoms with Crippen LogP contribution in [0.15, 0.2) is 0 Å². The number of amides is 2. The van der Waals surface area contributed by atoms with Gasteiger partial charge in [0.2, 0.25) is 0 Å². The van der Waals surface area contributed by atoms with Crippen molar-refractivity contribution in [2.24, 2.45) is 0 Å². The van der Waals surface area contributed by atoms with Gasteiger partial charge in [-0.05, 0) is 27.7 Å². The number of ether oxygens (including phenoxy) is 1. The SMILES string of the molecule is Cc1nn(C(C)C)c(C)c1C(=O)N1CCN2C(=O)OC[C@H]2C1. The van der Waals surface area contributed by atoms with E-state index in [0.29, 0.717) is 31.8 Å². The first kappa shape index (κ1) is 14.9. The summed E-state index contributed by atoms with van der Waals surface area (Å²) in [5, 5.41) is 4.48. The number of aryl methyl sites for hydroxylation is 1. The molecule has 0 aliphatic carbocycles. The highest BCUT2D eigenvalue weighted by Gasteiger charge is 2.39. The summed E-state index contributed by atoms with van der Waals surface area (Å²) in [6.45, 7) is 9.87. The quantitative estimate of drug-likeness (QED) is 0.827. The predicted octanol–water partition coefficient (Wildman–Crippen LogP) is 1.36. The van der Waals surface area contributed by atoms with E-state index in [2.05, 4.69) is 5.10 Å². The molecule has 7 nitrogen and oxygen atoms in total. The average Bonchev–Trinajstić information content (AvgIpc) is 2.99. The molecule has 2 fully saturated rings. The fraction of sp³-hybridized carbons (Fsp3) is 0.667. The van der Waals surface area contributed by atoms with Gasteiger partial charge in [-0.25, -0.2) is 4.79 Å². The molecule has 3 heterocycles. The van der Waals surface area contributed by atoms with Crippen molar-refractivity contribution in [1.29, 1.82) is 0 Å². The molecule has 22 heavy (non-hydrogen) atoms. The molecule has 0 bridgehead atoms. The highest BCUT2D eigenvalue weighted by molar-refractivity contribution is 5.96. The van der Waals surface area contributed by atoms with Gasteiger partial charge >= 0.3 is 6.09 Å². The summed E-state index contributed by atoms with van der Waals surface area (Å²) < 4.78 is 6.94. The summed E-state index contributed by atoms with van der Waals surface area (Å²) >= 11 is 0. The smallest absolute Gasteiger partial charge is 0.410 e. The van der Waals surface area contributed by atoms with Gasteiger partial charge in [0.05, 0.1) is 17.3 Å². The van der Waals surface area contributed by atoms with Crippen LogP contribution in [0.2, 0.25) is 0 Å². The van der Waals surface area contributed by atoms with Crippen LogP contribution in [-0.2, 0) is 4.74 Å². The maximum atomic E-state index is 12.9. The molecule has 0 radical (unpaired) electrons. The van der Waals surface area contributed by atoms with Gasteiger partial charge in [-0.3, -0.25) is 14.4 Å². The van der Waals surface area contributed by atoms with Crippen LogP contribution in [-0.4, -0.2) is 63.9 Å². The number of piperazine rings is 1. The summed E-state index contributed by atoms with van der Waals surface area (Å²) in [7, 11) is 0. The Bertz CT molecular complexity index is 623. The van der Waals surface area contributed by atoms with E-state index in [-0.39, 0.29) is 24.1 Å². The van der Waals surface area contributed by atoms with Crippen molar-refractivity contribution in [2.75, 3.05) is 26.2 Å². The molecule has 1 atom stereocenters. The van der Waals surface area contributed by atoms with E-state index in [4.69, 9.17) is 4.74 Å². The third-order valence-corrected chi connectivity index (χ3v) is 4.43. The first-order valence-electron chi connectivity index (χ1n) is 7.68. The Balaban J connectivity index is 1.82. The van der Waals surface area contributed by atoms with E-state index in [0.717, 1.165) is 11.4 Å². The fourth-order valence-electron chi connectivity index (χ4n) is 3.31. The number of nitrogens with zero attached hydrogens (tertiary/aromatic N) is 4. The van der Waals surface area contributed by atoms with Crippen molar-refractivity contribution in [3.63, 3.8) is 0 Å². The number of hydrogen-bond acceptors (Lipinski definition) is 4. The van der Waals surface area contributed by atoms with Crippen LogP contribution >= 0.6 is 0 Å². The maximum absolute atomic E-state index is 12.9. The van der Waals surface area contributed by atoms with E-state index >= 15 is 0 Å². The number of cyclic esters (lactones) is 1. The van der Waals surface area contributed by atoms with E-state index in [1.54, 1.807) is 4.90 Å². The van der Waals surface area contributed by atoms with Crippen molar-refractivity contribution < 1.29 is 14.3 Å². The van der Waals surface area contributed by atoms with Gasteiger partial charge in [-0.1, -0.05) is 0 Å². The van der Waals surface area contributed by atoms with E-state index in [1.165, 1.54) is 0 Å². The summed E-state index contributed by atoms with van der Waals surface area (Å²) in [4.78, 5) is 27.9. The average molecular weight is 306 g/mol. The predicted molar refractivity (Wildman–Crippen MR) is 79.8 cm³/mol. The van der Waals surface area contributed by atoms with Crippen molar-refractivity contribution in [3.05, 3.63) is 17.0 Å². The molecule has 0 spiro atoms. The van der Waals surface area contributed by atoms with Crippen LogP contribution in [0.1, 0.15) is 41.6 Å². The first-order valence-corrected chi connectivity index (χ1v) is 7.68. The Morgan fingerprint density at radius 3 is 2.68 bits per heavy atom. The molecule has 0 saturated carbocycles. The number of fused-ring (bicyclic) bond motifs is 1. The normalized spacial score (nSPS) is 21.3. The van der Waals surface area contributed by atoms with Crippen molar-refractivity contribution in [3.8, 4) is 0 Å². The van der Waals surface area contributed by atoms with Crippen LogP contribution in [0.3, 0.4) is 0 Å². The molecule has 0 aromatic carbocycles. The molecular formula is C15H22N4O3. The molecule has 120 valence electrons. The standard InChI is InChI=1S/C15H22N4O3/c1-9(2)19-11(4)13(10(3)16-19)14(20)17-5-6-18-12(7-17)8-22-15(18)21/h9,12H,5-8H2,1-4H3/t12-/m1/s1. The van der Waals surface area contributed by atoms with Gasteiger partial charge in [0, 0.05) is 31.4 Å². The summed E-state index contributed by atoms with van der Waals surface area (Å²) in [5.41, 5.74) is 2.35. The Morgan fingerprint density at radius 2 is 2.05 bits per heavy atom. The van der Waals surface area contributed by atoms with Gasteiger partial charge < -0.3 is 9.64 Å². The number of carbonyl (C=O) groups excluding carboxylic acids is 2. The molecule has 2 aliphatic heterocycles. The summed E-state index contributed by atoms with van der Waals surface area (Å²) in [6, 6.07) is 0.198. The second kappa shape index (κ2) is 5.30. The minimum atomic E-state index is -0.267. The largest absolute Gasteiger partial charge is 0.447 e. The monoisotopic (exact) mass is 306 g/mol. The molecule has 2 amide bonds. The first-order chi connectivity index (χ1) is 10.4. The van der Waals surface area contributed by atoms with Crippen molar-refractivity contribution >= 4 is 12.0 Å². The Kier molecular flexibility index (Phi) is 3.58. The minimum Gasteiger partial charge on any atom is -0.447 e. The molecule has 1 aromatic rings. The highest BCUT2D eigenvalue weighted by atomic mass is 16.6. The van der Waals surface area contributed by atoms with Gasteiger partial charge in [-0.15, -0.1) is 0 Å². The number of aromatic nitrogens is 2. The molecule has 2 aliphatic rings. The van der Waals surface area contributed by atoms with Crippen molar-refractivity contribution in [1.82, 2.24) is 19.6 Å². The Hall–Kier alpha value is -2.05. The van der Waals surface area contributed by atoms with Crippen LogP contribution in [0, 0.1) is 13.8 Å². The van der Waals surface area contributed by atoms with Gasteiger partial charge in [0.15, 0.2) is 0 Å². The van der Waals surface area contributed by atoms with E-state index < -0.39 is 0 Å². The molecule has 3 rings (SSSR count). The van der Waals surface area contributed by atoms with Crippen molar-refractivity contribution in [2.45, 2.75) is 39.8 Å². The zero-order valence-electron chi connectivity index (χ0n) is 13.5. The van der Waals surface area contributed by atoms with Gasteiger partial charge in [0.25, 0.3) is 5.91 Å². The van der Waals surface area contributed by atoms with Gasteiger partial charge in [0.1, 0.15) is 6.61 Å². The van der Waals surface area contributed by atoms with Crippen LogP contribution < -0.4 is 0 Å². The molecule has 0 N–H and O–H groups in total. The van der Waals surface area contributed by atoms with Crippen LogP contribution in [0.5, 0.6) is 0 Å². The molecular weight excluding hydrogens is 284 g/mol. The minimum absolute atomic E-state index is 0.000832. The lowest BCUT2D eigenvalue weighted by atomic mass is 10.1. The lowest BCUT2D eigenvalue weighted by Crippen LogP contribution is -2.53. The molecule has 0 unspecified atom stereocenters. The lowest BCUT2D eigenvalue weighted by molar-refractivity contribution is 0.0615. The second-order valence-corrected chi connectivity index (χ2v) is 6.26. The molecule has 1 aromatic heterocycles. The number of rotatable bonds is 2. The third kappa shape index (κ3) is 2.24. The maximum Gasteiger partial charge on any atom is 0.410 e. The fourth-order valence-corrected chi connectivity index (χ4v) is 3.31. The molecule has 7 heteroatoms. The van der Waals surface area contributed by atoms with Gasteiger partial charge in [-0.2, -0.15) is 5.10 Å². The number of carbonyl (C=O) groups is 2. The second-order valence-electron chi connectivity index (χ2n) is 6.26. The third-order valence-electron chi connectivity index (χ3n) is 4.43.